The van der Waals surface area contributed by atoms with Crippen LogP contribution in [-0.2, 0) is 16.6 Å². The largest absolute Gasteiger partial charge is 0.504 e. The number of carbonyl (C=O) groups excluding carboxylic acids is 1. The summed E-state index contributed by atoms with van der Waals surface area (Å²) in [6, 6.07) is 5.55. The van der Waals surface area contributed by atoms with E-state index in [1.807, 2.05) is 24.1 Å². The molecular weight excluding hydrogens is 456 g/mol. The van der Waals surface area contributed by atoms with Crippen molar-refractivity contribution in [3.05, 3.63) is 53.5 Å². The minimum absolute atomic E-state index is 0.0274. The number of nitrogens with zero attached hydrogens (tertiary/aromatic N) is 2. The summed E-state index contributed by atoms with van der Waals surface area (Å²) >= 11 is 0. The number of likely N-dealkylation sites (N-methyl/N-ethyl adjacent to an activating group) is 1. The Kier molecular flexibility index (Phi) is 5.68. The summed E-state index contributed by atoms with van der Waals surface area (Å²) in [5.74, 6) is 1.28. The molecule has 0 spiro atoms. The first-order valence-electron chi connectivity index (χ1n) is 13.2. The zero-order chi connectivity index (χ0) is 25.1. The molecule has 2 bridgehead atoms. The maximum absolute atomic E-state index is 13.1. The van der Waals surface area contributed by atoms with Crippen molar-refractivity contribution >= 4 is 12.0 Å². The molecule has 7 nitrogen and oxygen atoms in total. The number of carbonyl (C=O) groups is 1. The van der Waals surface area contributed by atoms with Gasteiger partial charge in [0, 0.05) is 48.3 Å². The van der Waals surface area contributed by atoms with Crippen molar-refractivity contribution in [1.82, 2.24) is 9.80 Å². The van der Waals surface area contributed by atoms with Gasteiger partial charge in [-0.2, -0.15) is 0 Å². The summed E-state index contributed by atoms with van der Waals surface area (Å²) in [5.41, 5.74) is 1.44. The Morgan fingerprint density at radius 1 is 1.28 bits per heavy atom. The van der Waals surface area contributed by atoms with Gasteiger partial charge in [-0.1, -0.05) is 6.07 Å². The van der Waals surface area contributed by atoms with E-state index in [0.717, 1.165) is 55.0 Å². The van der Waals surface area contributed by atoms with E-state index in [2.05, 4.69) is 4.90 Å². The van der Waals surface area contributed by atoms with E-state index in [1.54, 1.807) is 37.9 Å². The van der Waals surface area contributed by atoms with E-state index in [4.69, 9.17) is 9.15 Å². The molecule has 3 aliphatic carbocycles. The average molecular weight is 493 g/mol. The monoisotopic (exact) mass is 492 g/mol. The lowest BCUT2D eigenvalue weighted by molar-refractivity contribution is -0.178. The lowest BCUT2D eigenvalue weighted by atomic mass is 9.48. The average Bonchev–Trinajstić information content (AvgIpc) is 3.54. The SMILES string of the molecule is COc1c(O)ccc2c1[C@]13CCN(CC4CC4)[C@H](C2)[C@]1(O)CCC(N(C)C(=O)/C=C/c1ccoc1)C3. The maximum Gasteiger partial charge on any atom is 0.246 e. The predicted octanol–water partition coefficient (Wildman–Crippen LogP) is 3.73. The first-order chi connectivity index (χ1) is 17.4. The van der Waals surface area contributed by atoms with Gasteiger partial charge >= 0.3 is 0 Å². The summed E-state index contributed by atoms with van der Waals surface area (Å²) in [6.07, 6.45) is 12.7. The first kappa shape index (κ1) is 23.6. The number of methoxy groups -OCH3 is 1. The van der Waals surface area contributed by atoms with E-state index < -0.39 is 11.0 Å². The van der Waals surface area contributed by atoms with Crippen molar-refractivity contribution in [1.29, 1.82) is 0 Å². The summed E-state index contributed by atoms with van der Waals surface area (Å²) < 4.78 is 10.9. The molecule has 4 aliphatic rings. The Bertz CT molecular complexity index is 1170. The Labute approximate surface area is 212 Å². The van der Waals surface area contributed by atoms with Gasteiger partial charge in [-0.15, -0.1) is 0 Å². The molecule has 7 heteroatoms. The molecule has 2 heterocycles. The van der Waals surface area contributed by atoms with Crippen molar-refractivity contribution < 1.29 is 24.2 Å². The second-order valence-corrected chi connectivity index (χ2v) is 11.3. The standard InChI is InChI=1S/C29H36N2O5/c1-30(25(33)8-5-20-10-14-36-18-20)22-9-11-29(34)24-15-21-6-7-23(32)27(35-2)26(21)28(29,16-22)12-13-31(24)17-19-3-4-19/h5-8,10,14,18-19,22,24,32,34H,3-4,9,11-13,15-17H2,1-2H3/b8-5+/t22?,24-,28-,29-/m1/s1. The van der Waals surface area contributed by atoms with Gasteiger partial charge in [0.25, 0.3) is 0 Å². The Morgan fingerprint density at radius 2 is 2.11 bits per heavy atom. The van der Waals surface area contributed by atoms with Crippen molar-refractivity contribution in [2.45, 2.75) is 68.0 Å². The number of aromatic hydroxyl groups is 1. The molecule has 0 radical (unpaired) electrons. The lowest BCUT2D eigenvalue weighted by Gasteiger charge is -2.65. The van der Waals surface area contributed by atoms with Gasteiger partial charge in [-0.05, 0) is 81.2 Å². The van der Waals surface area contributed by atoms with Crippen LogP contribution in [0.2, 0.25) is 0 Å². The molecule has 3 fully saturated rings. The molecule has 36 heavy (non-hydrogen) atoms. The molecule has 1 aromatic heterocycles. The molecule has 2 N–H and O–H groups in total. The summed E-state index contributed by atoms with van der Waals surface area (Å²) in [6.45, 7) is 1.96. The van der Waals surface area contributed by atoms with Gasteiger partial charge in [0.05, 0.1) is 25.2 Å². The van der Waals surface area contributed by atoms with Crippen LogP contribution in [0.5, 0.6) is 11.5 Å². The Morgan fingerprint density at radius 3 is 2.83 bits per heavy atom. The highest BCUT2D eigenvalue weighted by Gasteiger charge is 2.66. The number of fused-ring (bicyclic) bond motifs is 1. The van der Waals surface area contributed by atoms with Crippen LogP contribution in [0.1, 0.15) is 55.2 Å². The maximum atomic E-state index is 13.1. The number of rotatable bonds is 6. The molecule has 192 valence electrons. The van der Waals surface area contributed by atoms with E-state index in [0.29, 0.717) is 18.6 Å². The molecule has 1 saturated heterocycles. The van der Waals surface area contributed by atoms with Gasteiger partial charge in [-0.3, -0.25) is 9.69 Å². The highest BCUT2D eigenvalue weighted by atomic mass is 16.5. The number of ether oxygens (including phenoxy) is 1. The fourth-order valence-electron chi connectivity index (χ4n) is 7.38. The molecule has 1 amide bonds. The van der Waals surface area contributed by atoms with E-state index in [-0.39, 0.29) is 23.7 Å². The molecule has 1 aliphatic heterocycles. The fourth-order valence-corrected chi connectivity index (χ4v) is 7.38. The van der Waals surface area contributed by atoms with E-state index >= 15 is 0 Å². The van der Waals surface area contributed by atoms with Gasteiger partial charge in [0.1, 0.15) is 0 Å². The Hall–Kier alpha value is -2.77. The van der Waals surface area contributed by atoms with Crippen molar-refractivity contribution in [3.63, 3.8) is 0 Å². The first-order valence-corrected chi connectivity index (χ1v) is 13.2. The molecular formula is C29H36N2O5. The van der Waals surface area contributed by atoms with Crippen LogP contribution in [0.3, 0.4) is 0 Å². The number of furan rings is 1. The smallest absolute Gasteiger partial charge is 0.246 e. The number of phenolic OH excluding ortho intramolecular Hbond substituents is 1. The second kappa shape index (κ2) is 8.67. The number of hydrogen-bond donors (Lipinski definition) is 2. The van der Waals surface area contributed by atoms with Gasteiger partial charge in [-0.25, -0.2) is 0 Å². The third kappa shape index (κ3) is 3.58. The minimum Gasteiger partial charge on any atom is -0.504 e. The normalized spacial score (nSPS) is 31.6. The van der Waals surface area contributed by atoms with Crippen molar-refractivity contribution in [3.8, 4) is 11.5 Å². The van der Waals surface area contributed by atoms with E-state index in [1.165, 1.54) is 12.8 Å². The molecule has 6 rings (SSSR count). The number of hydrogen-bond acceptors (Lipinski definition) is 6. The number of piperidine rings is 1. The molecule has 1 aromatic carbocycles. The fraction of sp³-hybridized carbons (Fsp3) is 0.552. The number of phenols is 1. The highest BCUT2D eigenvalue weighted by Crippen LogP contribution is 2.61. The van der Waals surface area contributed by atoms with Gasteiger partial charge in [0.15, 0.2) is 11.5 Å². The molecule has 4 atom stereocenters. The van der Waals surface area contributed by atoms with Crippen LogP contribution < -0.4 is 4.74 Å². The molecule has 2 saturated carbocycles. The van der Waals surface area contributed by atoms with Crippen LogP contribution in [0.15, 0.2) is 41.2 Å². The Balaban J connectivity index is 1.37. The van der Waals surface area contributed by atoms with Crippen molar-refractivity contribution in [2.24, 2.45) is 5.92 Å². The molecule has 1 unspecified atom stereocenters. The number of amides is 1. The lowest BCUT2D eigenvalue weighted by Crippen LogP contribution is -2.74. The van der Waals surface area contributed by atoms with Crippen LogP contribution in [0.25, 0.3) is 6.08 Å². The zero-order valence-corrected chi connectivity index (χ0v) is 21.2. The second-order valence-electron chi connectivity index (χ2n) is 11.3. The third-order valence-corrected chi connectivity index (χ3v) is 9.45. The van der Waals surface area contributed by atoms with Gasteiger partial charge < -0.3 is 24.3 Å². The number of benzene rings is 1. The summed E-state index contributed by atoms with van der Waals surface area (Å²) in [7, 11) is 3.45. The van der Waals surface area contributed by atoms with E-state index in [9.17, 15) is 15.0 Å². The van der Waals surface area contributed by atoms with Crippen molar-refractivity contribution in [2.75, 3.05) is 27.2 Å². The van der Waals surface area contributed by atoms with Crippen LogP contribution in [0.4, 0.5) is 0 Å². The molecule has 2 aromatic rings. The van der Waals surface area contributed by atoms with Crippen LogP contribution in [0, 0.1) is 5.92 Å². The quantitative estimate of drug-likeness (QED) is 0.598. The van der Waals surface area contributed by atoms with Crippen LogP contribution in [-0.4, -0.2) is 70.9 Å². The summed E-state index contributed by atoms with van der Waals surface area (Å²) in [4.78, 5) is 17.5. The topological polar surface area (TPSA) is 86.4 Å². The predicted molar refractivity (Wildman–Crippen MR) is 136 cm³/mol. The highest BCUT2D eigenvalue weighted by molar-refractivity contribution is 5.91. The minimum atomic E-state index is -0.929. The number of aliphatic hydroxyl groups is 1. The van der Waals surface area contributed by atoms with Gasteiger partial charge in [0.2, 0.25) is 5.91 Å². The zero-order valence-electron chi connectivity index (χ0n) is 21.2. The third-order valence-electron chi connectivity index (χ3n) is 9.45. The summed E-state index contributed by atoms with van der Waals surface area (Å²) in [5, 5.41) is 23.3. The number of likely N-dealkylation sites (tertiary alicyclic amines) is 1. The van der Waals surface area contributed by atoms with Crippen LogP contribution >= 0.6 is 0 Å².